The number of aromatic nitrogens is 2. The number of nitrogens with two attached hydrogens (primary N) is 1. The zero-order chi connectivity index (χ0) is 23.2. The summed E-state index contributed by atoms with van der Waals surface area (Å²) < 4.78 is 4.30. The third-order valence-electron chi connectivity index (χ3n) is 3.92. The first-order valence-corrected chi connectivity index (χ1v) is 9.61. The van der Waals surface area contributed by atoms with E-state index < -0.39 is 37.6 Å². The van der Waals surface area contributed by atoms with Crippen LogP contribution in [0.2, 0.25) is 0 Å². The topological polar surface area (TPSA) is 165 Å². The fraction of sp³-hybridized carbons (Fsp3) is 0.350. The van der Waals surface area contributed by atoms with Gasteiger partial charge in [0, 0.05) is 18.8 Å². The summed E-state index contributed by atoms with van der Waals surface area (Å²) in [6.45, 7) is 3.93. The summed E-state index contributed by atoms with van der Waals surface area (Å²) in [4.78, 5) is 41.5. The largest absolute Gasteiger partial charge is 0.511 e. The quantitative estimate of drug-likeness (QED) is 0.403. The van der Waals surface area contributed by atoms with Gasteiger partial charge in [-0.05, 0) is 17.9 Å². The van der Waals surface area contributed by atoms with Crippen molar-refractivity contribution < 1.29 is 29.2 Å². The molecule has 0 saturated heterocycles. The maximum Gasteiger partial charge on any atom is 0.506 e. The average molecular weight is 430 g/mol. The van der Waals surface area contributed by atoms with Crippen molar-refractivity contribution in [2.45, 2.75) is 38.8 Å². The number of hydrogen-bond acceptors (Lipinski definition) is 8. The Morgan fingerprint density at radius 2 is 1.87 bits per heavy atom. The van der Waals surface area contributed by atoms with Crippen molar-refractivity contribution in [2.24, 2.45) is 11.7 Å². The van der Waals surface area contributed by atoms with E-state index in [2.05, 4.69) is 19.9 Å². The summed E-state index contributed by atoms with van der Waals surface area (Å²) in [6, 6.07) is 7.48. The lowest BCUT2D eigenvalue weighted by molar-refractivity contribution is -0.139. The van der Waals surface area contributed by atoms with Crippen LogP contribution in [0.25, 0.3) is 0 Å². The van der Waals surface area contributed by atoms with E-state index in [0.717, 1.165) is 5.56 Å². The summed E-state index contributed by atoms with van der Waals surface area (Å²) in [5.41, 5.74) is 6.34. The lowest BCUT2D eigenvalue weighted by atomic mass is 10.0. The molecule has 0 aliphatic heterocycles. The molecule has 11 heteroatoms. The first kappa shape index (κ1) is 25.7. The lowest BCUT2D eigenvalue weighted by Gasteiger charge is -2.14. The van der Waals surface area contributed by atoms with Crippen LogP contribution in [0, 0.1) is 5.92 Å². The highest BCUT2D eigenvalue weighted by atomic mass is 16.6. The van der Waals surface area contributed by atoms with E-state index in [0.29, 0.717) is 12.3 Å². The molecule has 2 atom stereocenters. The number of aliphatic carboxylic acids is 1. The van der Waals surface area contributed by atoms with Crippen molar-refractivity contribution in [1.29, 1.82) is 0 Å². The van der Waals surface area contributed by atoms with E-state index in [4.69, 9.17) is 10.8 Å². The minimum Gasteiger partial charge on any atom is -0.511 e. The molecule has 2 rings (SSSR count). The maximum atomic E-state index is 11.9. The third-order valence-corrected chi connectivity index (χ3v) is 3.92. The van der Waals surface area contributed by atoms with Gasteiger partial charge in [-0.15, -0.1) is 0 Å². The molecule has 0 aliphatic carbocycles. The summed E-state index contributed by atoms with van der Waals surface area (Å²) in [7, 11) is -0.593. The number of carboxylic acid groups (broad SMARTS) is 1. The Hall–Kier alpha value is -3.31. The van der Waals surface area contributed by atoms with Gasteiger partial charge in [0.05, 0.1) is 6.20 Å². The number of carbonyl (C=O) groups is 3. The highest BCUT2D eigenvalue weighted by Gasteiger charge is 2.21. The second-order valence-corrected chi connectivity index (χ2v) is 6.97. The molecule has 2 unspecified atom stereocenters. The fourth-order valence-electron chi connectivity index (χ4n) is 2.47. The molecule has 0 fully saturated rings. The SMILES string of the molecule is CC(C)CC(N)C(=O)OBO.O=C(NC(Cc1ccccc1)C(=O)O)c1cnccn1. The van der Waals surface area contributed by atoms with Gasteiger partial charge in [0.15, 0.2) is 0 Å². The second kappa shape index (κ2) is 13.8. The zero-order valence-corrected chi connectivity index (χ0v) is 17.5. The van der Waals surface area contributed by atoms with E-state index in [1.54, 1.807) is 0 Å². The van der Waals surface area contributed by atoms with Crippen molar-refractivity contribution in [3.8, 4) is 0 Å². The van der Waals surface area contributed by atoms with Crippen molar-refractivity contribution in [3.05, 3.63) is 60.2 Å². The number of amides is 1. The Bertz CT molecular complexity index is 823. The van der Waals surface area contributed by atoms with Crippen LogP contribution in [0.15, 0.2) is 48.9 Å². The number of carboxylic acids is 1. The van der Waals surface area contributed by atoms with Crippen molar-refractivity contribution >= 4 is 25.5 Å². The van der Waals surface area contributed by atoms with Crippen LogP contribution >= 0.6 is 0 Å². The van der Waals surface area contributed by atoms with E-state index in [-0.39, 0.29) is 12.1 Å². The van der Waals surface area contributed by atoms with Crippen LogP contribution in [0.3, 0.4) is 0 Å². The molecule has 0 spiro atoms. The summed E-state index contributed by atoms with van der Waals surface area (Å²) >= 11 is 0. The van der Waals surface area contributed by atoms with Crippen LogP contribution in [0.1, 0.15) is 36.3 Å². The highest BCUT2D eigenvalue weighted by Crippen LogP contribution is 2.05. The Kier molecular flexibility index (Phi) is 11.5. The monoisotopic (exact) mass is 430 g/mol. The van der Waals surface area contributed by atoms with Crippen LogP contribution < -0.4 is 11.1 Å². The molecule has 0 aliphatic rings. The van der Waals surface area contributed by atoms with Crippen molar-refractivity contribution in [2.75, 3.05) is 0 Å². The van der Waals surface area contributed by atoms with E-state index in [1.807, 2.05) is 44.2 Å². The molecule has 31 heavy (non-hydrogen) atoms. The number of nitrogens with zero attached hydrogens (tertiary/aromatic N) is 2. The Labute approximate surface area is 181 Å². The van der Waals surface area contributed by atoms with Gasteiger partial charge in [-0.3, -0.25) is 14.6 Å². The van der Waals surface area contributed by atoms with Crippen LogP contribution in [0.4, 0.5) is 0 Å². The highest BCUT2D eigenvalue weighted by molar-refractivity contribution is 6.20. The van der Waals surface area contributed by atoms with Crippen molar-refractivity contribution in [1.82, 2.24) is 15.3 Å². The Morgan fingerprint density at radius 1 is 1.19 bits per heavy atom. The lowest BCUT2D eigenvalue weighted by Crippen LogP contribution is -2.42. The molecule has 1 heterocycles. The number of nitrogens with one attached hydrogen (secondary N) is 1. The van der Waals surface area contributed by atoms with Gasteiger partial charge < -0.3 is 25.8 Å². The van der Waals surface area contributed by atoms with Crippen LogP contribution in [-0.4, -0.2) is 57.7 Å². The molecule has 5 N–H and O–H groups in total. The predicted molar refractivity (Wildman–Crippen MR) is 114 cm³/mol. The van der Waals surface area contributed by atoms with Gasteiger partial charge in [-0.1, -0.05) is 44.2 Å². The first-order valence-electron chi connectivity index (χ1n) is 9.61. The smallest absolute Gasteiger partial charge is 0.506 e. The first-order chi connectivity index (χ1) is 14.7. The predicted octanol–water partition coefficient (Wildman–Crippen LogP) is 0.0641. The van der Waals surface area contributed by atoms with E-state index in [9.17, 15) is 19.5 Å². The molecular formula is C20H27BN4O6. The molecular weight excluding hydrogens is 403 g/mol. The summed E-state index contributed by atoms with van der Waals surface area (Å²) in [5.74, 6) is -1.83. The minimum absolute atomic E-state index is 0.0896. The number of rotatable bonds is 9. The van der Waals surface area contributed by atoms with E-state index >= 15 is 0 Å². The van der Waals surface area contributed by atoms with Gasteiger partial charge in [-0.25, -0.2) is 9.78 Å². The minimum atomic E-state index is -1.09. The normalized spacial score (nSPS) is 12.0. The molecule has 1 aromatic carbocycles. The number of benzene rings is 1. The van der Waals surface area contributed by atoms with Crippen LogP contribution in [-0.2, 0) is 20.7 Å². The molecule has 1 amide bonds. The van der Waals surface area contributed by atoms with Gasteiger partial charge in [0.1, 0.15) is 17.8 Å². The molecule has 2 aromatic rings. The molecule has 10 nitrogen and oxygen atoms in total. The summed E-state index contributed by atoms with van der Waals surface area (Å²) in [5, 5.41) is 19.8. The molecule has 0 radical (unpaired) electrons. The maximum absolute atomic E-state index is 11.9. The molecule has 0 bridgehead atoms. The number of carbonyl (C=O) groups excluding carboxylic acids is 2. The van der Waals surface area contributed by atoms with Crippen molar-refractivity contribution in [3.63, 3.8) is 0 Å². The average Bonchev–Trinajstić information content (AvgIpc) is 2.74. The Morgan fingerprint density at radius 3 is 2.39 bits per heavy atom. The second-order valence-electron chi connectivity index (χ2n) is 6.97. The molecule has 1 aromatic heterocycles. The van der Waals surface area contributed by atoms with Gasteiger partial charge in [-0.2, -0.15) is 0 Å². The van der Waals surface area contributed by atoms with Gasteiger partial charge in [0.25, 0.3) is 5.91 Å². The van der Waals surface area contributed by atoms with Gasteiger partial charge in [0.2, 0.25) is 0 Å². The Balaban J connectivity index is 0.000000373. The standard InChI is InChI=1S/C14H13N3O3.C6H14BNO3/c18-13(12-9-15-6-7-16-12)17-11(14(19)20)8-10-4-2-1-3-5-10;1-4(2)3-5(8)6(9)11-7-10/h1-7,9,11H,8H2,(H,17,18)(H,19,20);4-5,7,10H,3,8H2,1-2H3. The summed E-state index contributed by atoms with van der Waals surface area (Å²) in [6.07, 6.45) is 4.90. The van der Waals surface area contributed by atoms with Gasteiger partial charge >= 0.3 is 19.6 Å². The fourth-order valence-corrected chi connectivity index (χ4v) is 2.47. The number of hydrogen-bond donors (Lipinski definition) is 4. The third kappa shape index (κ3) is 10.3. The van der Waals surface area contributed by atoms with Crippen LogP contribution in [0.5, 0.6) is 0 Å². The molecule has 0 saturated carbocycles. The molecule has 166 valence electrons. The zero-order valence-electron chi connectivity index (χ0n) is 17.5. The van der Waals surface area contributed by atoms with E-state index in [1.165, 1.54) is 18.6 Å².